The lowest BCUT2D eigenvalue weighted by Gasteiger charge is -2.02. The Hall–Kier alpha value is -2.94. The number of nitrogens with zero attached hydrogens (tertiary/aromatic N) is 1. The number of carbonyl (C=O) groups excluding carboxylic acids is 1. The van der Waals surface area contributed by atoms with Gasteiger partial charge in [0.25, 0.3) is 0 Å². The summed E-state index contributed by atoms with van der Waals surface area (Å²) in [6.07, 6.45) is 2.84. The molecule has 0 saturated carbocycles. The van der Waals surface area contributed by atoms with Gasteiger partial charge in [-0.15, -0.1) is 0 Å². The fourth-order valence-corrected chi connectivity index (χ4v) is 2.50. The predicted octanol–water partition coefficient (Wildman–Crippen LogP) is 3.92. The molecule has 0 unspecified atom stereocenters. The Morgan fingerprint density at radius 3 is 2.52 bits per heavy atom. The number of nitrogens with one attached hydrogen (secondary N) is 1. The van der Waals surface area contributed by atoms with Gasteiger partial charge in [-0.25, -0.2) is 5.43 Å². The zero-order chi connectivity index (χ0) is 15.9. The molecule has 1 N–H and O–H groups in total. The van der Waals surface area contributed by atoms with E-state index in [1.807, 2.05) is 60.7 Å². The monoisotopic (exact) mass is 302 g/mol. The molecule has 3 rings (SSSR count). The average Bonchev–Trinajstić information content (AvgIpc) is 2.61. The van der Waals surface area contributed by atoms with E-state index in [1.54, 1.807) is 6.21 Å². The number of hydrazone groups is 1. The molecule has 0 saturated heterocycles. The maximum atomic E-state index is 11.8. The maximum absolute atomic E-state index is 11.8. The Kier molecular flexibility index (Phi) is 4.79. The van der Waals surface area contributed by atoms with E-state index >= 15 is 0 Å². The van der Waals surface area contributed by atoms with E-state index < -0.39 is 0 Å². The van der Waals surface area contributed by atoms with Gasteiger partial charge >= 0.3 is 0 Å². The molecular weight excluding hydrogens is 284 g/mol. The average molecular weight is 302 g/mol. The van der Waals surface area contributed by atoms with Gasteiger partial charge in [-0.05, 0) is 22.8 Å². The van der Waals surface area contributed by atoms with Gasteiger partial charge < -0.3 is 0 Å². The first kappa shape index (κ1) is 15.0. The highest BCUT2D eigenvalue weighted by atomic mass is 16.2. The van der Waals surface area contributed by atoms with Crippen LogP contribution >= 0.6 is 0 Å². The minimum atomic E-state index is -0.0784. The van der Waals surface area contributed by atoms with E-state index in [0.29, 0.717) is 6.42 Å². The van der Waals surface area contributed by atoms with Crippen LogP contribution in [0, 0.1) is 0 Å². The van der Waals surface area contributed by atoms with Gasteiger partial charge in [0.1, 0.15) is 0 Å². The second-order valence-corrected chi connectivity index (χ2v) is 5.35. The third-order valence-electron chi connectivity index (χ3n) is 3.70. The molecule has 0 aromatic heterocycles. The van der Waals surface area contributed by atoms with Crippen LogP contribution in [-0.4, -0.2) is 12.1 Å². The van der Waals surface area contributed by atoms with Crippen molar-refractivity contribution in [2.75, 3.05) is 0 Å². The van der Waals surface area contributed by atoms with E-state index in [-0.39, 0.29) is 5.91 Å². The number of fused-ring (bicyclic) bond motifs is 1. The van der Waals surface area contributed by atoms with Crippen LogP contribution in [0.4, 0.5) is 0 Å². The second-order valence-electron chi connectivity index (χ2n) is 5.35. The molecule has 0 radical (unpaired) electrons. The normalized spacial score (nSPS) is 11.0. The first-order chi connectivity index (χ1) is 11.3. The lowest BCUT2D eigenvalue weighted by atomic mass is 10.1. The first-order valence-electron chi connectivity index (χ1n) is 7.66. The third-order valence-corrected chi connectivity index (χ3v) is 3.70. The largest absolute Gasteiger partial charge is 0.273 e. The number of amides is 1. The lowest BCUT2D eigenvalue weighted by molar-refractivity contribution is -0.121. The van der Waals surface area contributed by atoms with Crippen molar-refractivity contribution in [1.82, 2.24) is 5.43 Å². The van der Waals surface area contributed by atoms with Crippen molar-refractivity contribution in [2.24, 2.45) is 5.10 Å². The van der Waals surface area contributed by atoms with Crippen LogP contribution in [0.5, 0.6) is 0 Å². The van der Waals surface area contributed by atoms with Crippen molar-refractivity contribution >= 4 is 22.9 Å². The molecule has 0 spiro atoms. The van der Waals surface area contributed by atoms with Crippen LogP contribution < -0.4 is 5.43 Å². The van der Waals surface area contributed by atoms with Crippen LogP contribution in [0.25, 0.3) is 10.8 Å². The van der Waals surface area contributed by atoms with Gasteiger partial charge in [-0.2, -0.15) is 5.10 Å². The van der Waals surface area contributed by atoms with Gasteiger partial charge in [0.15, 0.2) is 0 Å². The predicted molar refractivity (Wildman–Crippen MR) is 94.4 cm³/mol. The van der Waals surface area contributed by atoms with Crippen LogP contribution in [0.3, 0.4) is 0 Å². The Morgan fingerprint density at radius 1 is 0.913 bits per heavy atom. The number of benzene rings is 3. The number of carbonyl (C=O) groups is 1. The van der Waals surface area contributed by atoms with Gasteiger partial charge in [0.2, 0.25) is 5.91 Å². The van der Waals surface area contributed by atoms with Crippen molar-refractivity contribution in [2.45, 2.75) is 12.8 Å². The quantitative estimate of drug-likeness (QED) is 0.563. The first-order valence-corrected chi connectivity index (χ1v) is 7.66. The van der Waals surface area contributed by atoms with Gasteiger partial charge in [0, 0.05) is 12.0 Å². The highest BCUT2D eigenvalue weighted by Gasteiger charge is 2.01. The minimum absolute atomic E-state index is 0.0784. The maximum Gasteiger partial charge on any atom is 0.240 e. The zero-order valence-electron chi connectivity index (χ0n) is 12.8. The lowest BCUT2D eigenvalue weighted by Crippen LogP contribution is -2.17. The van der Waals surface area contributed by atoms with E-state index in [0.717, 1.165) is 28.3 Å². The number of rotatable bonds is 5. The Labute approximate surface area is 135 Å². The van der Waals surface area contributed by atoms with E-state index in [1.165, 1.54) is 0 Å². The summed E-state index contributed by atoms with van der Waals surface area (Å²) in [7, 11) is 0. The van der Waals surface area contributed by atoms with Crippen molar-refractivity contribution in [3.05, 3.63) is 83.9 Å². The third kappa shape index (κ3) is 4.04. The summed E-state index contributed by atoms with van der Waals surface area (Å²) in [5, 5.41) is 6.36. The molecule has 3 aromatic rings. The van der Waals surface area contributed by atoms with E-state index in [4.69, 9.17) is 0 Å². The molecule has 1 amide bonds. The summed E-state index contributed by atoms with van der Waals surface area (Å²) < 4.78 is 0. The topological polar surface area (TPSA) is 41.5 Å². The number of aryl methyl sites for hydroxylation is 1. The van der Waals surface area contributed by atoms with Crippen LogP contribution in [-0.2, 0) is 11.2 Å². The van der Waals surface area contributed by atoms with E-state index in [2.05, 4.69) is 22.7 Å². The summed E-state index contributed by atoms with van der Waals surface area (Å²) in [4.78, 5) is 11.8. The van der Waals surface area contributed by atoms with Crippen LogP contribution in [0.2, 0.25) is 0 Å². The molecule has 114 valence electrons. The zero-order valence-corrected chi connectivity index (χ0v) is 12.8. The van der Waals surface area contributed by atoms with Gasteiger partial charge in [-0.1, -0.05) is 72.8 Å². The fourth-order valence-electron chi connectivity index (χ4n) is 2.50. The SMILES string of the molecule is O=C(CCc1ccccc1)N/N=C\c1cccc2ccccc12. The van der Waals surface area contributed by atoms with Crippen molar-refractivity contribution in [1.29, 1.82) is 0 Å². The Balaban J connectivity index is 1.59. The molecule has 3 aromatic carbocycles. The molecule has 0 aliphatic rings. The number of hydrogen-bond donors (Lipinski definition) is 1. The smallest absolute Gasteiger partial charge is 0.240 e. The molecular formula is C20H18N2O. The standard InChI is InChI=1S/C20H18N2O/c23-20(14-13-16-7-2-1-3-8-16)22-21-15-18-11-6-10-17-9-4-5-12-19(17)18/h1-12,15H,13-14H2,(H,22,23)/b21-15-. The van der Waals surface area contributed by atoms with Gasteiger partial charge in [0.05, 0.1) is 6.21 Å². The highest BCUT2D eigenvalue weighted by Crippen LogP contribution is 2.16. The Morgan fingerprint density at radius 2 is 1.65 bits per heavy atom. The number of hydrogen-bond acceptors (Lipinski definition) is 2. The van der Waals surface area contributed by atoms with Gasteiger partial charge in [-0.3, -0.25) is 4.79 Å². The summed E-state index contributed by atoms with van der Waals surface area (Å²) in [5.74, 6) is -0.0784. The molecule has 3 nitrogen and oxygen atoms in total. The molecule has 0 bridgehead atoms. The van der Waals surface area contributed by atoms with Crippen molar-refractivity contribution < 1.29 is 4.79 Å². The molecule has 0 atom stereocenters. The summed E-state index contributed by atoms with van der Waals surface area (Å²) in [5.41, 5.74) is 4.74. The highest BCUT2D eigenvalue weighted by molar-refractivity contribution is 5.99. The molecule has 0 aliphatic carbocycles. The summed E-state index contributed by atoms with van der Waals surface area (Å²) in [6.45, 7) is 0. The van der Waals surface area contributed by atoms with E-state index in [9.17, 15) is 4.79 Å². The van der Waals surface area contributed by atoms with Crippen LogP contribution in [0.15, 0.2) is 77.9 Å². The fraction of sp³-hybridized carbons (Fsp3) is 0.100. The molecule has 3 heteroatoms. The molecule has 0 heterocycles. The van der Waals surface area contributed by atoms with Crippen LogP contribution in [0.1, 0.15) is 17.5 Å². The minimum Gasteiger partial charge on any atom is -0.273 e. The molecule has 23 heavy (non-hydrogen) atoms. The van der Waals surface area contributed by atoms with Crippen molar-refractivity contribution in [3.63, 3.8) is 0 Å². The summed E-state index contributed by atoms with van der Waals surface area (Å²) >= 11 is 0. The Bertz CT molecular complexity index is 820. The molecule has 0 fully saturated rings. The molecule has 0 aliphatic heterocycles. The summed E-state index contributed by atoms with van der Waals surface area (Å²) in [6, 6.07) is 24.1. The van der Waals surface area contributed by atoms with Crippen molar-refractivity contribution in [3.8, 4) is 0 Å². The second kappa shape index (κ2) is 7.36.